The molecule has 0 saturated carbocycles. The molecule has 0 aliphatic carbocycles. The van der Waals surface area contributed by atoms with E-state index in [0.717, 1.165) is 11.6 Å². The number of carbonyl (C=O) groups excluding carboxylic acids is 1. The van der Waals surface area contributed by atoms with Gasteiger partial charge in [-0.15, -0.1) is 11.3 Å². The molecule has 1 aromatic heterocycles. The van der Waals surface area contributed by atoms with Gasteiger partial charge in [0.15, 0.2) is 0 Å². The van der Waals surface area contributed by atoms with E-state index in [1.807, 2.05) is 23.3 Å². The van der Waals surface area contributed by atoms with Gasteiger partial charge in [-0.05, 0) is 42.1 Å². The van der Waals surface area contributed by atoms with Crippen LogP contribution in [0.25, 0.3) is 0 Å². The number of hydrogen-bond donors (Lipinski definition) is 0. The lowest BCUT2D eigenvalue weighted by Crippen LogP contribution is -2.56. The van der Waals surface area contributed by atoms with Gasteiger partial charge < -0.3 is 14.5 Å². The van der Waals surface area contributed by atoms with Crippen LogP contribution in [0.5, 0.6) is 0 Å². The normalized spacial score (nSPS) is 17.3. The first-order valence-corrected chi connectivity index (χ1v) is 9.84. The maximum Gasteiger partial charge on any atom is 0.417 e. The van der Waals surface area contributed by atoms with E-state index in [1.54, 1.807) is 11.0 Å². The Bertz CT molecular complexity index is 936. The largest absolute Gasteiger partial charge is 0.417 e. The standard InChI is InChI=1S/C20H20F3N3O2S/c1-13-5-8-29-18(13)19(27)25-6-7-26(16(11-25)12-28-2)15-4-3-14(10-24)17(9-15)20(21,22)23/h3-5,8-9,16H,6-7,11-12H2,1-2H3. The molecule has 0 bridgehead atoms. The van der Waals surface area contributed by atoms with Crippen molar-refractivity contribution in [2.24, 2.45) is 0 Å². The highest BCUT2D eigenvalue weighted by Crippen LogP contribution is 2.35. The molecule has 0 radical (unpaired) electrons. The molecule has 0 N–H and O–H groups in total. The van der Waals surface area contributed by atoms with Crippen LogP contribution < -0.4 is 4.90 Å². The Morgan fingerprint density at radius 2 is 2.10 bits per heavy atom. The summed E-state index contributed by atoms with van der Waals surface area (Å²) in [4.78, 5) is 17.0. The molecule has 1 aromatic carbocycles. The van der Waals surface area contributed by atoms with Crippen molar-refractivity contribution in [1.82, 2.24) is 4.90 Å². The van der Waals surface area contributed by atoms with Gasteiger partial charge in [0.2, 0.25) is 0 Å². The zero-order valence-electron chi connectivity index (χ0n) is 16.0. The number of methoxy groups -OCH3 is 1. The van der Waals surface area contributed by atoms with Crippen molar-refractivity contribution >= 4 is 22.9 Å². The lowest BCUT2D eigenvalue weighted by Gasteiger charge is -2.42. The molecular weight excluding hydrogens is 403 g/mol. The fourth-order valence-electron chi connectivity index (χ4n) is 3.49. The van der Waals surface area contributed by atoms with Crippen LogP contribution in [0.15, 0.2) is 29.6 Å². The number of ether oxygens (including phenoxy) is 1. The van der Waals surface area contributed by atoms with Crippen molar-refractivity contribution in [2.75, 3.05) is 38.3 Å². The van der Waals surface area contributed by atoms with E-state index < -0.39 is 17.3 Å². The highest BCUT2D eigenvalue weighted by Gasteiger charge is 2.36. The summed E-state index contributed by atoms with van der Waals surface area (Å²) >= 11 is 1.38. The number of anilines is 1. The van der Waals surface area contributed by atoms with Gasteiger partial charge in [0.25, 0.3) is 5.91 Å². The van der Waals surface area contributed by atoms with Crippen LogP contribution in [0.4, 0.5) is 18.9 Å². The Morgan fingerprint density at radius 1 is 1.34 bits per heavy atom. The van der Waals surface area contributed by atoms with Crippen LogP contribution >= 0.6 is 11.3 Å². The molecule has 0 spiro atoms. The monoisotopic (exact) mass is 423 g/mol. The van der Waals surface area contributed by atoms with Gasteiger partial charge >= 0.3 is 6.18 Å². The van der Waals surface area contributed by atoms with Gasteiger partial charge in [-0.1, -0.05) is 0 Å². The molecule has 1 saturated heterocycles. The molecular formula is C20H20F3N3O2S. The number of rotatable bonds is 4. The summed E-state index contributed by atoms with van der Waals surface area (Å²) in [6.07, 6.45) is -4.62. The van der Waals surface area contributed by atoms with Crippen LogP contribution in [0, 0.1) is 18.3 Å². The molecule has 1 unspecified atom stereocenters. The Kier molecular flexibility index (Phi) is 6.15. The number of nitriles is 1. The van der Waals surface area contributed by atoms with Crippen molar-refractivity contribution in [3.8, 4) is 6.07 Å². The molecule has 154 valence electrons. The summed E-state index contributed by atoms with van der Waals surface area (Å²) in [5, 5.41) is 10.9. The van der Waals surface area contributed by atoms with E-state index in [4.69, 9.17) is 10.00 Å². The Labute approximate surface area is 170 Å². The van der Waals surface area contributed by atoms with E-state index in [2.05, 4.69) is 0 Å². The minimum atomic E-state index is -4.62. The minimum Gasteiger partial charge on any atom is -0.382 e. The maximum absolute atomic E-state index is 13.3. The fraction of sp³-hybridized carbons (Fsp3) is 0.400. The number of hydrogen-bond acceptors (Lipinski definition) is 5. The molecule has 3 rings (SSSR count). The van der Waals surface area contributed by atoms with Crippen molar-refractivity contribution in [3.63, 3.8) is 0 Å². The van der Waals surface area contributed by atoms with Gasteiger partial charge in [0.1, 0.15) is 0 Å². The highest BCUT2D eigenvalue weighted by atomic mass is 32.1. The first-order chi connectivity index (χ1) is 13.8. The maximum atomic E-state index is 13.3. The summed E-state index contributed by atoms with van der Waals surface area (Å²) in [6.45, 7) is 3.23. The predicted molar refractivity (Wildman–Crippen MR) is 104 cm³/mol. The summed E-state index contributed by atoms with van der Waals surface area (Å²) in [5.74, 6) is -0.0749. The molecule has 1 atom stereocenters. The van der Waals surface area contributed by atoms with Crippen molar-refractivity contribution < 1.29 is 22.7 Å². The topological polar surface area (TPSA) is 56.6 Å². The molecule has 1 aliphatic rings. The zero-order valence-corrected chi connectivity index (χ0v) is 16.8. The predicted octanol–water partition coefficient (Wildman–Crippen LogP) is 3.92. The first-order valence-electron chi connectivity index (χ1n) is 8.96. The molecule has 1 fully saturated rings. The van der Waals surface area contributed by atoms with Crippen LogP contribution in [-0.4, -0.2) is 50.2 Å². The Morgan fingerprint density at radius 3 is 2.69 bits per heavy atom. The Balaban J connectivity index is 1.87. The average molecular weight is 423 g/mol. The molecule has 1 aliphatic heterocycles. The number of benzene rings is 1. The zero-order chi connectivity index (χ0) is 21.2. The lowest BCUT2D eigenvalue weighted by atomic mass is 10.0. The van der Waals surface area contributed by atoms with E-state index >= 15 is 0 Å². The van der Waals surface area contributed by atoms with Crippen LogP contribution in [0.1, 0.15) is 26.4 Å². The van der Waals surface area contributed by atoms with Crippen LogP contribution in [-0.2, 0) is 10.9 Å². The fourth-order valence-corrected chi connectivity index (χ4v) is 4.39. The summed E-state index contributed by atoms with van der Waals surface area (Å²) in [5.41, 5.74) is -0.0988. The third-order valence-electron chi connectivity index (χ3n) is 4.95. The molecule has 2 heterocycles. The summed E-state index contributed by atoms with van der Waals surface area (Å²) in [6, 6.07) is 6.89. The number of alkyl halides is 3. The number of thiophene rings is 1. The number of amides is 1. The Hall–Kier alpha value is -2.57. The van der Waals surface area contributed by atoms with E-state index in [1.165, 1.54) is 30.6 Å². The first kappa shape index (κ1) is 21.1. The van der Waals surface area contributed by atoms with Crippen molar-refractivity contribution in [2.45, 2.75) is 19.1 Å². The van der Waals surface area contributed by atoms with Gasteiger partial charge in [-0.2, -0.15) is 18.4 Å². The number of piperazine rings is 1. The molecule has 5 nitrogen and oxygen atoms in total. The number of carbonyl (C=O) groups is 1. The third kappa shape index (κ3) is 4.38. The quantitative estimate of drug-likeness (QED) is 0.748. The number of nitrogens with zero attached hydrogens (tertiary/aromatic N) is 3. The van der Waals surface area contributed by atoms with Gasteiger partial charge in [-0.25, -0.2) is 0 Å². The highest BCUT2D eigenvalue weighted by molar-refractivity contribution is 7.12. The summed E-state index contributed by atoms with van der Waals surface area (Å²) in [7, 11) is 1.52. The van der Waals surface area contributed by atoms with Crippen molar-refractivity contribution in [3.05, 3.63) is 51.2 Å². The molecule has 1 amide bonds. The summed E-state index contributed by atoms with van der Waals surface area (Å²) < 4.78 is 45.3. The minimum absolute atomic E-state index is 0.0749. The van der Waals surface area contributed by atoms with Crippen LogP contribution in [0.2, 0.25) is 0 Å². The number of aryl methyl sites for hydroxylation is 1. The van der Waals surface area contributed by atoms with Crippen molar-refractivity contribution in [1.29, 1.82) is 5.26 Å². The smallest absolute Gasteiger partial charge is 0.382 e. The van der Waals surface area contributed by atoms with Gasteiger partial charge in [0, 0.05) is 32.4 Å². The number of halogens is 3. The van der Waals surface area contributed by atoms with E-state index in [9.17, 15) is 18.0 Å². The third-order valence-corrected chi connectivity index (χ3v) is 5.95. The van der Waals surface area contributed by atoms with Crippen LogP contribution in [0.3, 0.4) is 0 Å². The molecule has 9 heteroatoms. The van der Waals surface area contributed by atoms with Gasteiger partial charge in [-0.3, -0.25) is 4.79 Å². The SMILES string of the molecule is COCC1CN(C(=O)c2sccc2C)CCN1c1ccc(C#N)c(C(F)(F)F)c1. The second-order valence-electron chi connectivity index (χ2n) is 6.83. The molecule has 29 heavy (non-hydrogen) atoms. The van der Waals surface area contributed by atoms with E-state index in [0.29, 0.717) is 30.2 Å². The second-order valence-corrected chi connectivity index (χ2v) is 7.74. The average Bonchev–Trinajstić information content (AvgIpc) is 3.12. The molecule has 2 aromatic rings. The van der Waals surface area contributed by atoms with E-state index in [-0.39, 0.29) is 18.6 Å². The second kappa shape index (κ2) is 8.43. The lowest BCUT2D eigenvalue weighted by molar-refractivity contribution is -0.137. The van der Waals surface area contributed by atoms with Gasteiger partial charge in [0.05, 0.1) is 34.7 Å².